The summed E-state index contributed by atoms with van der Waals surface area (Å²) in [6, 6.07) is 4.55. The Morgan fingerprint density at radius 3 is 2.89 bits per heavy atom. The van der Waals surface area contributed by atoms with E-state index in [1.54, 1.807) is 6.07 Å². The van der Waals surface area contributed by atoms with Gasteiger partial charge in [0.2, 0.25) is 0 Å². The van der Waals surface area contributed by atoms with E-state index in [2.05, 4.69) is 26.4 Å². The molecule has 1 rings (SSSR count). The minimum atomic E-state index is -0.573. The van der Waals surface area contributed by atoms with Gasteiger partial charge in [-0.1, -0.05) is 11.2 Å². The van der Waals surface area contributed by atoms with Crippen LogP contribution in [0.5, 0.6) is 0 Å². The van der Waals surface area contributed by atoms with Gasteiger partial charge >= 0.3 is 0 Å². The van der Waals surface area contributed by atoms with Crippen molar-refractivity contribution in [3.05, 3.63) is 34.1 Å². The van der Waals surface area contributed by atoms with Crippen molar-refractivity contribution < 1.29 is 14.4 Å². The SMILES string of the molecule is N/C(CCCCNC(=O)c1cccc(Br)c1F)=N/O. The average molecular weight is 332 g/mol. The van der Waals surface area contributed by atoms with Crippen molar-refractivity contribution in [2.75, 3.05) is 6.54 Å². The molecular formula is C12H15BrFN3O2. The zero-order chi connectivity index (χ0) is 14.3. The van der Waals surface area contributed by atoms with Crippen LogP contribution in [-0.4, -0.2) is 23.5 Å². The molecule has 19 heavy (non-hydrogen) atoms. The van der Waals surface area contributed by atoms with Gasteiger partial charge in [0.05, 0.1) is 10.0 Å². The Bertz CT molecular complexity index is 480. The number of carbonyl (C=O) groups is 1. The van der Waals surface area contributed by atoms with Crippen molar-refractivity contribution in [1.29, 1.82) is 0 Å². The van der Waals surface area contributed by atoms with Crippen LogP contribution < -0.4 is 11.1 Å². The molecule has 0 fully saturated rings. The summed E-state index contributed by atoms with van der Waals surface area (Å²) in [4.78, 5) is 11.7. The van der Waals surface area contributed by atoms with Gasteiger partial charge in [-0.05, 0) is 40.9 Å². The van der Waals surface area contributed by atoms with E-state index in [-0.39, 0.29) is 15.9 Å². The monoisotopic (exact) mass is 331 g/mol. The lowest BCUT2D eigenvalue weighted by atomic mass is 10.2. The summed E-state index contributed by atoms with van der Waals surface area (Å²) >= 11 is 3.03. The summed E-state index contributed by atoms with van der Waals surface area (Å²) in [5.41, 5.74) is 5.31. The van der Waals surface area contributed by atoms with Crippen LogP contribution in [0.4, 0.5) is 4.39 Å². The molecule has 0 saturated heterocycles. The first-order valence-corrected chi connectivity index (χ1v) is 6.54. The first-order chi connectivity index (χ1) is 9.06. The van der Waals surface area contributed by atoms with Gasteiger partial charge in [0.25, 0.3) is 5.91 Å². The minimum absolute atomic E-state index is 0.00538. The number of oxime groups is 1. The van der Waals surface area contributed by atoms with E-state index in [9.17, 15) is 9.18 Å². The maximum absolute atomic E-state index is 13.6. The number of unbranched alkanes of at least 4 members (excludes halogenated alkanes) is 1. The number of carbonyl (C=O) groups excluding carboxylic acids is 1. The van der Waals surface area contributed by atoms with Gasteiger partial charge in [0.15, 0.2) is 0 Å². The number of halogens is 2. The lowest BCUT2D eigenvalue weighted by molar-refractivity contribution is 0.0949. The third-order valence-electron chi connectivity index (χ3n) is 2.47. The van der Waals surface area contributed by atoms with E-state index in [4.69, 9.17) is 10.9 Å². The van der Waals surface area contributed by atoms with Gasteiger partial charge in [0, 0.05) is 13.0 Å². The summed E-state index contributed by atoms with van der Waals surface area (Å²) in [5.74, 6) is -0.872. The lowest BCUT2D eigenvalue weighted by Gasteiger charge is -2.06. The minimum Gasteiger partial charge on any atom is -0.409 e. The molecule has 0 spiro atoms. The van der Waals surface area contributed by atoms with E-state index in [1.807, 2.05) is 0 Å². The normalized spacial score (nSPS) is 11.4. The number of hydrogen-bond acceptors (Lipinski definition) is 3. The Morgan fingerprint density at radius 1 is 1.47 bits per heavy atom. The molecule has 0 unspecified atom stereocenters. The van der Waals surface area contributed by atoms with Gasteiger partial charge in [-0.25, -0.2) is 4.39 Å². The molecule has 4 N–H and O–H groups in total. The number of hydrogen-bond donors (Lipinski definition) is 3. The van der Waals surface area contributed by atoms with E-state index in [0.717, 1.165) is 0 Å². The fourth-order valence-electron chi connectivity index (χ4n) is 1.46. The number of nitrogens with one attached hydrogen (secondary N) is 1. The van der Waals surface area contributed by atoms with Crippen molar-refractivity contribution in [2.24, 2.45) is 10.9 Å². The predicted molar refractivity (Wildman–Crippen MR) is 73.7 cm³/mol. The molecule has 0 aliphatic heterocycles. The molecule has 0 saturated carbocycles. The molecule has 0 bridgehead atoms. The summed E-state index contributed by atoms with van der Waals surface area (Å²) in [6.07, 6.45) is 1.80. The Hall–Kier alpha value is -1.63. The molecule has 1 amide bonds. The molecule has 7 heteroatoms. The second-order valence-corrected chi connectivity index (χ2v) is 4.76. The van der Waals surface area contributed by atoms with Crippen LogP contribution in [0.1, 0.15) is 29.6 Å². The highest BCUT2D eigenvalue weighted by atomic mass is 79.9. The summed E-state index contributed by atoms with van der Waals surface area (Å²) in [5, 5.41) is 13.8. The van der Waals surface area contributed by atoms with Crippen LogP contribution >= 0.6 is 15.9 Å². The summed E-state index contributed by atoms with van der Waals surface area (Å²) in [7, 11) is 0. The van der Waals surface area contributed by atoms with Gasteiger partial charge in [-0.3, -0.25) is 4.79 Å². The second kappa shape index (κ2) is 7.73. The highest BCUT2D eigenvalue weighted by Crippen LogP contribution is 2.18. The Labute approximate surface area is 118 Å². The molecule has 0 aliphatic carbocycles. The van der Waals surface area contributed by atoms with Crippen molar-refractivity contribution >= 4 is 27.7 Å². The first kappa shape index (κ1) is 15.4. The standard InChI is InChI=1S/C12H15BrFN3O2/c13-9-5-3-4-8(11(9)14)12(18)16-7-2-1-6-10(15)17-19/h3-5,19H,1-2,6-7H2,(H2,15,17)(H,16,18). The molecule has 0 aliphatic rings. The number of amides is 1. The largest absolute Gasteiger partial charge is 0.409 e. The number of nitrogens with zero attached hydrogens (tertiary/aromatic N) is 1. The Kier molecular flexibility index (Phi) is 6.27. The molecule has 5 nitrogen and oxygen atoms in total. The first-order valence-electron chi connectivity index (χ1n) is 5.75. The zero-order valence-corrected chi connectivity index (χ0v) is 11.8. The molecule has 0 radical (unpaired) electrons. The van der Waals surface area contributed by atoms with Crippen molar-refractivity contribution in [1.82, 2.24) is 5.32 Å². The van der Waals surface area contributed by atoms with E-state index < -0.39 is 11.7 Å². The lowest BCUT2D eigenvalue weighted by Crippen LogP contribution is -2.25. The van der Waals surface area contributed by atoms with E-state index >= 15 is 0 Å². The van der Waals surface area contributed by atoms with Crippen molar-refractivity contribution in [3.63, 3.8) is 0 Å². The van der Waals surface area contributed by atoms with Crippen LogP contribution in [-0.2, 0) is 0 Å². The van der Waals surface area contributed by atoms with Crippen molar-refractivity contribution in [3.8, 4) is 0 Å². The Balaban J connectivity index is 2.38. The third-order valence-corrected chi connectivity index (χ3v) is 3.08. The highest BCUT2D eigenvalue weighted by Gasteiger charge is 2.12. The maximum Gasteiger partial charge on any atom is 0.254 e. The van der Waals surface area contributed by atoms with Gasteiger partial charge < -0.3 is 16.3 Å². The number of nitrogens with two attached hydrogens (primary N) is 1. The number of rotatable bonds is 6. The predicted octanol–water partition coefficient (Wildman–Crippen LogP) is 2.23. The third kappa shape index (κ3) is 4.86. The fraction of sp³-hybridized carbons (Fsp3) is 0.333. The van der Waals surface area contributed by atoms with Crippen LogP contribution in [0.2, 0.25) is 0 Å². The average Bonchev–Trinajstić information content (AvgIpc) is 2.40. The van der Waals surface area contributed by atoms with Gasteiger partial charge in [0.1, 0.15) is 11.7 Å². The molecule has 0 atom stereocenters. The molecule has 0 aromatic heterocycles. The molecule has 1 aromatic carbocycles. The number of benzene rings is 1. The molecule has 104 valence electrons. The highest BCUT2D eigenvalue weighted by molar-refractivity contribution is 9.10. The quantitative estimate of drug-likeness (QED) is 0.245. The van der Waals surface area contributed by atoms with E-state index in [0.29, 0.717) is 25.8 Å². The summed E-state index contributed by atoms with van der Waals surface area (Å²) in [6.45, 7) is 0.406. The topological polar surface area (TPSA) is 87.7 Å². The van der Waals surface area contributed by atoms with Gasteiger partial charge in [-0.15, -0.1) is 0 Å². The number of amidine groups is 1. The van der Waals surface area contributed by atoms with E-state index in [1.165, 1.54) is 12.1 Å². The molecule has 1 aromatic rings. The fourth-order valence-corrected chi connectivity index (χ4v) is 1.82. The zero-order valence-electron chi connectivity index (χ0n) is 10.2. The van der Waals surface area contributed by atoms with Crippen LogP contribution in [0, 0.1) is 5.82 Å². The summed E-state index contributed by atoms with van der Waals surface area (Å²) < 4.78 is 13.9. The molecule has 0 heterocycles. The van der Waals surface area contributed by atoms with Gasteiger partial charge in [-0.2, -0.15) is 0 Å². The Morgan fingerprint density at radius 2 is 2.21 bits per heavy atom. The maximum atomic E-state index is 13.6. The second-order valence-electron chi connectivity index (χ2n) is 3.91. The van der Waals surface area contributed by atoms with Crippen LogP contribution in [0.3, 0.4) is 0 Å². The smallest absolute Gasteiger partial charge is 0.254 e. The van der Waals surface area contributed by atoms with Crippen molar-refractivity contribution in [2.45, 2.75) is 19.3 Å². The molecular weight excluding hydrogens is 317 g/mol. The van der Waals surface area contributed by atoms with Crippen LogP contribution in [0.25, 0.3) is 0 Å². The van der Waals surface area contributed by atoms with Crippen LogP contribution in [0.15, 0.2) is 27.8 Å².